The lowest BCUT2D eigenvalue weighted by molar-refractivity contribution is 0.446. The second kappa shape index (κ2) is 5.63. The second-order valence-electron chi connectivity index (χ2n) is 5.47. The van der Waals surface area contributed by atoms with Crippen LogP contribution in [0.1, 0.15) is 26.7 Å². The Bertz CT molecular complexity index is 684. The number of imidazole rings is 1. The molecular formula is C14H18N4OS. The molecule has 1 unspecified atom stereocenters. The molecule has 20 heavy (non-hydrogen) atoms. The van der Waals surface area contributed by atoms with E-state index in [0.717, 1.165) is 23.9 Å². The van der Waals surface area contributed by atoms with Gasteiger partial charge in [-0.05, 0) is 44.9 Å². The molecule has 0 fully saturated rings. The number of aromatic amines is 1. The highest BCUT2D eigenvalue weighted by molar-refractivity contribution is 7.84. The van der Waals surface area contributed by atoms with Crippen LogP contribution < -0.4 is 5.73 Å². The minimum atomic E-state index is -1.18. The highest BCUT2D eigenvalue weighted by Gasteiger charge is 2.17. The van der Waals surface area contributed by atoms with Gasteiger partial charge in [0.25, 0.3) is 0 Å². The summed E-state index contributed by atoms with van der Waals surface area (Å²) in [7, 11) is -1.18. The molecule has 5 nitrogen and oxygen atoms in total. The third kappa shape index (κ3) is 3.36. The van der Waals surface area contributed by atoms with Crippen LogP contribution in [0.2, 0.25) is 0 Å². The number of aromatic nitrogens is 2. The molecular weight excluding hydrogens is 272 g/mol. The van der Waals surface area contributed by atoms with Gasteiger partial charge in [0, 0.05) is 11.4 Å². The van der Waals surface area contributed by atoms with E-state index in [9.17, 15) is 4.21 Å². The fraction of sp³-hybridized carbons (Fsp3) is 0.429. The summed E-state index contributed by atoms with van der Waals surface area (Å²) in [5.74, 6) is 0.500. The van der Waals surface area contributed by atoms with E-state index in [1.807, 2.05) is 13.8 Å². The van der Waals surface area contributed by atoms with Gasteiger partial charge >= 0.3 is 0 Å². The van der Waals surface area contributed by atoms with Crippen LogP contribution in [-0.2, 0) is 10.8 Å². The first kappa shape index (κ1) is 14.5. The van der Waals surface area contributed by atoms with E-state index in [1.165, 1.54) is 0 Å². The monoisotopic (exact) mass is 290 g/mol. The van der Waals surface area contributed by atoms with E-state index in [2.05, 4.69) is 16.0 Å². The largest absolute Gasteiger partial charge is 0.399 e. The van der Waals surface area contributed by atoms with Crippen molar-refractivity contribution in [2.45, 2.75) is 31.8 Å². The number of nitrogens with two attached hydrogens (primary N) is 1. The first-order chi connectivity index (χ1) is 9.41. The van der Waals surface area contributed by atoms with Gasteiger partial charge in [-0.15, -0.1) is 0 Å². The highest BCUT2D eigenvalue weighted by atomic mass is 32.2. The molecule has 3 N–H and O–H groups in total. The molecule has 0 aliphatic carbocycles. The van der Waals surface area contributed by atoms with Crippen molar-refractivity contribution in [3.8, 4) is 6.07 Å². The second-order valence-corrected chi connectivity index (χ2v) is 6.95. The molecule has 0 radical (unpaired) electrons. The van der Waals surface area contributed by atoms with Gasteiger partial charge in [0.2, 0.25) is 0 Å². The number of nitrogens with zero attached hydrogens (tertiary/aromatic N) is 2. The summed E-state index contributed by atoms with van der Waals surface area (Å²) in [4.78, 5) is 7.35. The number of nitriles is 1. The van der Waals surface area contributed by atoms with Gasteiger partial charge in [0.1, 0.15) is 0 Å². The SMILES string of the molecule is CC(C)(C#N)CCCS(=O)c1nc2ccc(N)cc2[nH]1. The Morgan fingerprint density at radius 3 is 2.95 bits per heavy atom. The minimum Gasteiger partial charge on any atom is -0.399 e. The molecule has 1 aromatic carbocycles. The summed E-state index contributed by atoms with van der Waals surface area (Å²) in [6.07, 6.45) is 1.45. The third-order valence-corrected chi connectivity index (χ3v) is 4.42. The van der Waals surface area contributed by atoms with Gasteiger partial charge in [-0.3, -0.25) is 4.21 Å². The van der Waals surface area contributed by atoms with Gasteiger partial charge in [-0.1, -0.05) is 0 Å². The Morgan fingerprint density at radius 2 is 2.25 bits per heavy atom. The number of hydrogen-bond donors (Lipinski definition) is 2. The number of anilines is 1. The number of fused-ring (bicyclic) bond motifs is 1. The van der Waals surface area contributed by atoms with Crippen molar-refractivity contribution < 1.29 is 4.21 Å². The van der Waals surface area contributed by atoms with E-state index in [4.69, 9.17) is 11.0 Å². The fourth-order valence-corrected chi connectivity index (χ4v) is 2.93. The van der Waals surface area contributed by atoms with Gasteiger partial charge in [-0.2, -0.15) is 5.26 Å². The zero-order valence-electron chi connectivity index (χ0n) is 11.6. The summed E-state index contributed by atoms with van der Waals surface area (Å²) in [5, 5.41) is 9.41. The van der Waals surface area contributed by atoms with E-state index in [1.54, 1.807) is 18.2 Å². The number of rotatable bonds is 5. The lowest BCUT2D eigenvalue weighted by Crippen LogP contribution is -2.10. The Morgan fingerprint density at radius 1 is 1.50 bits per heavy atom. The van der Waals surface area contributed by atoms with Gasteiger partial charge in [0.15, 0.2) is 5.16 Å². The minimum absolute atomic E-state index is 0.369. The highest BCUT2D eigenvalue weighted by Crippen LogP contribution is 2.22. The van der Waals surface area contributed by atoms with Crippen LogP contribution in [0.25, 0.3) is 11.0 Å². The van der Waals surface area contributed by atoms with Crippen molar-refractivity contribution in [1.29, 1.82) is 5.26 Å². The summed E-state index contributed by atoms with van der Waals surface area (Å²) >= 11 is 0. The number of nitrogen functional groups attached to an aromatic ring is 1. The number of H-pyrrole nitrogens is 1. The van der Waals surface area contributed by atoms with Crippen molar-refractivity contribution in [1.82, 2.24) is 9.97 Å². The number of hydrogen-bond acceptors (Lipinski definition) is 4. The maximum Gasteiger partial charge on any atom is 0.197 e. The van der Waals surface area contributed by atoms with Crippen LogP contribution in [0.4, 0.5) is 5.69 Å². The zero-order chi connectivity index (χ0) is 14.8. The standard InChI is InChI=1S/C14H18N4OS/c1-14(2,9-15)6-3-7-20(19)13-17-11-5-4-10(16)8-12(11)18-13/h4-5,8H,3,6-7,16H2,1-2H3,(H,17,18). The van der Waals surface area contributed by atoms with Crippen molar-refractivity contribution in [2.75, 3.05) is 11.5 Å². The summed E-state index contributed by atoms with van der Waals surface area (Å²) in [6.45, 7) is 3.78. The molecule has 0 saturated heterocycles. The first-order valence-corrected chi connectivity index (χ1v) is 7.78. The van der Waals surface area contributed by atoms with Crippen molar-refractivity contribution in [3.63, 3.8) is 0 Å². The van der Waals surface area contributed by atoms with Crippen LogP contribution in [-0.4, -0.2) is 19.9 Å². The van der Waals surface area contributed by atoms with E-state index in [0.29, 0.717) is 16.6 Å². The molecule has 2 rings (SSSR count). The molecule has 0 bridgehead atoms. The normalized spacial score (nSPS) is 13.2. The molecule has 1 atom stereocenters. The summed E-state index contributed by atoms with van der Waals surface area (Å²) < 4.78 is 12.2. The Labute approximate surface area is 120 Å². The molecule has 6 heteroatoms. The Hall–Kier alpha value is -1.87. The predicted molar refractivity (Wildman–Crippen MR) is 80.4 cm³/mol. The molecule has 0 spiro atoms. The molecule has 0 amide bonds. The molecule has 1 aromatic heterocycles. The Kier molecular flexibility index (Phi) is 4.09. The van der Waals surface area contributed by atoms with Crippen molar-refractivity contribution in [3.05, 3.63) is 18.2 Å². The molecule has 0 saturated carbocycles. The topological polar surface area (TPSA) is 95.6 Å². The summed E-state index contributed by atoms with van der Waals surface area (Å²) in [6, 6.07) is 7.60. The van der Waals surface area contributed by atoms with Crippen LogP contribution in [0.15, 0.2) is 23.4 Å². The quantitative estimate of drug-likeness (QED) is 0.827. The lowest BCUT2D eigenvalue weighted by Gasteiger charge is -2.13. The number of nitrogens with one attached hydrogen (secondary N) is 1. The fourth-order valence-electron chi connectivity index (χ4n) is 1.91. The van der Waals surface area contributed by atoms with Crippen LogP contribution in [0.5, 0.6) is 0 Å². The van der Waals surface area contributed by atoms with E-state index >= 15 is 0 Å². The van der Waals surface area contributed by atoms with Crippen LogP contribution in [0.3, 0.4) is 0 Å². The molecule has 0 aliphatic heterocycles. The lowest BCUT2D eigenvalue weighted by atomic mass is 9.90. The molecule has 106 valence electrons. The predicted octanol–water partition coefficient (Wildman–Crippen LogP) is 2.58. The Balaban J connectivity index is 2.03. The van der Waals surface area contributed by atoms with Gasteiger partial charge in [0.05, 0.1) is 33.3 Å². The first-order valence-electron chi connectivity index (χ1n) is 6.46. The molecule has 1 heterocycles. The van der Waals surface area contributed by atoms with Crippen molar-refractivity contribution >= 4 is 27.5 Å². The number of benzene rings is 1. The van der Waals surface area contributed by atoms with Crippen LogP contribution in [0, 0.1) is 16.7 Å². The molecule has 0 aliphatic rings. The van der Waals surface area contributed by atoms with Crippen LogP contribution >= 0.6 is 0 Å². The van der Waals surface area contributed by atoms with E-state index < -0.39 is 10.8 Å². The molecule has 2 aromatic rings. The average molecular weight is 290 g/mol. The van der Waals surface area contributed by atoms with Crippen molar-refractivity contribution in [2.24, 2.45) is 5.41 Å². The van der Waals surface area contributed by atoms with E-state index in [-0.39, 0.29) is 5.41 Å². The smallest absolute Gasteiger partial charge is 0.197 e. The maximum atomic E-state index is 12.2. The maximum absolute atomic E-state index is 12.2. The van der Waals surface area contributed by atoms with Gasteiger partial charge in [-0.25, -0.2) is 4.98 Å². The average Bonchev–Trinajstić information content (AvgIpc) is 2.81. The third-order valence-electron chi connectivity index (χ3n) is 3.13. The van der Waals surface area contributed by atoms with Gasteiger partial charge < -0.3 is 10.7 Å². The summed E-state index contributed by atoms with van der Waals surface area (Å²) in [5.41, 5.74) is 7.54. The zero-order valence-corrected chi connectivity index (χ0v) is 12.5.